The van der Waals surface area contributed by atoms with Crippen LogP contribution in [0, 0.1) is 35.0 Å². The number of allylic oxidation sites excluding steroid dienone is 2. The quantitative estimate of drug-likeness (QED) is 0.304. The molecular formula is C36H44ClN. The topological polar surface area (TPSA) is 15.8 Å². The minimum Gasteiger partial charge on any atom is -0.361 e. The van der Waals surface area contributed by atoms with E-state index in [0.29, 0.717) is 10.8 Å². The molecule has 0 aliphatic heterocycles. The van der Waals surface area contributed by atoms with Crippen LogP contribution in [0.5, 0.6) is 0 Å². The lowest BCUT2D eigenvalue weighted by Gasteiger charge is -2.69. The number of halogens is 1. The fourth-order valence-electron chi connectivity index (χ4n) is 10.3. The molecule has 1 aromatic heterocycles. The standard InChI is InChI=1S/C36H44ClN/c1-22-12-13-33(3)14-16-36(6)31-20-26(27-21-38-29-19-24(37)10-11-25(27)29)32-23(2)8-7-9-28(32)34(31,4)15-17-35(36,5)30(33)18-22/h7-11,19-22,26,30,38H,12-18H2,1-6H3/t22-,26-,30+,33+,34-,35-,36+/m0/s1. The Bertz CT molecular complexity index is 1480. The predicted molar refractivity (Wildman–Crippen MR) is 161 cm³/mol. The first-order chi connectivity index (χ1) is 18.0. The number of rotatable bonds is 1. The van der Waals surface area contributed by atoms with E-state index in [9.17, 15) is 0 Å². The van der Waals surface area contributed by atoms with Gasteiger partial charge in [0.05, 0.1) is 0 Å². The summed E-state index contributed by atoms with van der Waals surface area (Å²) in [4.78, 5) is 3.56. The molecule has 0 bridgehead atoms. The third-order valence-corrected chi connectivity index (χ3v) is 13.1. The summed E-state index contributed by atoms with van der Waals surface area (Å²) in [5.74, 6) is 1.94. The molecule has 3 saturated carbocycles. The molecule has 200 valence electrons. The highest BCUT2D eigenvalue weighted by Gasteiger charge is 2.65. The van der Waals surface area contributed by atoms with E-state index in [1.165, 1.54) is 67.0 Å². The van der Waals surface area contributed by atoms with Gasteiger partial charge in [0.25, 0.3) is 0 Å². The summed E-state index contributed by atoms with van der Waals surface area (Å²) in [5, 5.41) is 2.09. The lowest BCUT2D eigenvalue weighted by Crippen LogP contribution is -2.61. The summed E-state index contributed by atoms with van der Waals surface area (Å²) in [5.41, 5.74) is 9.99. The van der Waals surface area contributed by atoms with Gasteiger partial charge in [0.2, 0.25) is 0 Å². The molecule has 3 aromatic rings. The van der Waals surface area contributed by atoms with E-state index in [2.05, 4.69) is 89.1 Å². The normalized spacial score (nSPS) is 40.1. The summed E-state index contributed by atoms with van der Waals surface area (Å²) >= 11 is 6.38. The van der Waals surface area contributed by atoms with E-state index in [0.717, 1.165) is 22.4 Å². The molecule has 7 atom stereocenters. The minimum atomic E-state index is 0.107. The molecule has 0 amide bonds. The van der Waals surface area contributed by atoms with Gasteiger partial charge < -0.3 is 4.98 Å². The van der Waals surface area contributed by atoms with Gasteiger partial charge in [-0.1, -0.05) is 88.6 Å². The van der Waals surface area contributed by atoms with Crippen molar-refractivity contribution in [1.82, 2.24) is 4.98 Å². The smallest absolute Gasteiger partial charge is 0.0472 e. The van der Waals surface area contributed by atoms with Crippen molar-refractivity contribution in [2.75, 3.05) is 0 Å². The first-order valence-corrected chi connectivity index (χ1v) is 15.5. The van der Waals surface area contributed by atoms with E-state index >= 15 is 0 Å². The second-order valence-corrected chi connectivity index (χ2v) is 15.1. The maximum absolute atomic E-state index is 6.38. The maximum atomic E-state index is 6.38. The van der Waals surface area contributed by atoms with Gasteiger partial charge in [0.15, 0.2) is 0 Å². The molecule has 1 nitrogen and oxygen atoms in total. The van der Waals surface area contributed by atoms with E-state index in [1.54, 1.807) is 11.1 Å². The number of hydrogen-bond donors (Lipinski definition) is 1. The molecule has 0 spiro atoms. The summed E-state index contributed by atoms with van der Waals surface area (Å²) in [7, 11) is 0. The number of hydrogen-bond acceptors (Lipinski definition) is 0. The van der Waals surface area contributed by atoms with Crippen LogP contribution in [0.15, 0.2) is 54.2 Å². The van der Waals surface area contributed by atoms with Crippen LogP contribution in [-0.4, -0.2) is 4.98 Å². The number of nitrogens with one attached hydrogen (secondary N) is 1. The number of aromatic nitrogens is 1. The monoisotopic (exact) mass is 525 g/mol. The van der Waals surface area contributed by atoms with Gasteiger partial charge in [-0.15, -0.1) is 0 Å². The van der Waals surface area contributed by atoms with Gasteiger partial charge in [-0.05, 0) is 108 Å². The molecule has 1 heterocycles. The number of fused-ring (bicyclic) bond motifs is 8. The van der Waals surface area contributed by atoms with Crippen molar-refractivity contribution in [2.24, 2.45) is 28.1 Å². The van der Waals surface area contributed by atoms with Crippen molar-refractivity contribution in [2.45, 2.75) is 97.8 Å². The van der Waals surface area contributed by atoms with Crippen LogP contribution >= 0.6 is 11.6 Å². The highest BCUT2D eigenvalue weighted by molar-refractivity contribution is 6.31. The second-order valence-electron chi connectivity index (χ2n) is 14.7. The Morgan fingerprint density at radius 3 is 2.58 bits per heavy atom. The minimum absolute atomic E-state index is 0.107. The lowest BCUT2D eigenvalue weighted by atomic mass is 9.35. The molecule has 0 saturated heterocycles. The van der Waals surface area contributed by atoms with Crippen molar-refractivity contribution in [1.29, 1.82) is 0 Å². The predicted octanol–water partition coefficient (Wildman–Crippen LogP) is 10.5. The van der Waals surface area contributed by atoms with Crippen molar-refractivity contribution in [3.05, 3.63) is 81.5 Å². The Morgan fingerprint density at radius 2 is 1.76 bits per heavy atom. The van der Waals surface area contributed by atoms with E-state index in [-0.39, 0.29) is 16.7 Å². The van der Waals surface area contributed by atoms with E-state index in [1.807, 2.05) is 6.07 Å². The van der Waals surface area contributed by atoms with Crippen LogP contribution in [-0.2, 0) is 5.41 Å². The van der Waals surface area contributed by atoms with E-state index in [4.69, 9.17) is 11.6 Å². The zero-order valence-corrected chi connectivity index (χ0v) is 24.9. The molecule has 38 heavy (non-hydrogen) atoms. The van der Waals surface area contributed by atoms with Gasteiger partial charge in [0, 0.05) is 33.5 Å². The van der Waals surface area contributed by atoms with Crippen molar-refractivity contribution in [3.63, 3.8) is 0 Å². The second kappa shape index (κ2) is 8.03. The third-order valence-electron chi connectivity index (χ3n) is 12.8. The zero-order valence-electron chi connectivity index (χ0n) is 24.2. The summed E-state index contributed by atoms with van der Waals surface area (Å²) in [6, 6.07) is 13.4. The summed E-state index contributed by atoms with van der Waals surface area (Å²) < 4.78 is 0. The number of aromatic amines is 1. The SMILES string of the molecule is Cc1cccc2c1[C@H](c1c[nH]c3cc(Cl)ccc13)C=C1[C@@]2(C)CC[C@@]2(C)[C@@H]3C[C@@H](C)CC[C@]3(C)CC[C@]12C. The van der Waals surface area contributed by atoms with Crippen molar-refractivity contribution >= 4 is 22.5 Å². The Hall–Kier alpha value is -1.99. The van der Waals surface area contributed by atoms with Crippen molar-refractivity contribution < 1.29 is 0 Å². The third kappa shape index (κ3) is 3.12. The molecule has 0 radical (unpaired) electrons. The first kappa shape index (κ1) is 25.0. The van der Waals surface area contributed by atoms with Gasteiger partial charge in [-0.2, -0.15) is 0 Å². The molecule has 4 aliphatic rings. The summed E-state index contributed by atoms with van der Waals surface area (Å²) in [6.07, 6.45) is 14.6. The highest BCUT2D eigenvalue weighted by atomic mass is 35.5. The highest BCUT2D eigenvalue weighted by Crippen LogP contribution is 2.74. The Labute approximate surface area is 234 Å². The molecule has 3 fully saturated rings. The number of benzene rings is 2. The Kier molecular flexibility index (Phi) is 5.29. The fourth-order valence-corrected chi connectivity index (χ4v) is 10.5. The number of aryl methyl sites for hydroxylation is 1. The van der Waals surface area contributed by atoms with Crippen LogP contribution in [0.25, 0.3) is 10.9 Å². The summed E-state index contributed by atoms with van der Waals surface area (Å²) in [6.45, 7) is 15.5. The molecular weight excluding hydrogens is 482 g/mol. The van der Waals surface area contributed by atoms with Crippen LogP contribution in [0.2, 0.25) is 5.02 Å². The van der Waals surface area contributed by atoms with Gasteiger partial charge in [-0.3, -0.25) is 0 Å². The van der Waals surface area contributed by atoms with Crippen molar-refractivity contribution in [3.8, 4) is 0 Å². The molecule has 2 heteroatoms. The zero-order chi connectivity index (χ0) is 26.7. The van der Waals surface area contributed by atoms with Crippen LogP contribution in [0.1, 0.15) is 108 Å². The molecule has 1 N–H and O–H groups in total. The first-order valence-electron chi connectivity index (χ1n) is 15.1. The largest absolute Gasteiger partial charge is 0.361 e. The van der Waals surface area contributed by atoms with Gasteiger partial charge >= 0.3 is 0 Å². The lowest BCUT2D eigenvalue weighted by molar-refractivity contribution is -0.145. The Morgan fingerprint density at radius 1 is 0.947 bits per heavy atom. The van der Waals surface area contributed by atoms with Gasteiger partial charge in [-0.25, -0.2) is 0 Å². The molecule has 0 unspecified atom stereocenters. The molecule has 7 rings (SSSR count). The number of H-pyrrole nitrogens is 1. The average Bonchev–Trinajstić information content (AvgIpc) is 3.30. The Balaban J connectivity index is 1.45. The maximum Gasteiger partial charge on any atom is 0.0472 e. The molecule has 4 aliphatic carbocycles. The molecule has 2 aromatic carbocycles. The van der Waals surface area contributed by atoms with E-state index < -0.39 is 0 Å². The average molecular weight is 526 g/mol. The van der Waals surface area contributed by atoms with Crippen LogP contribution in [0.3, 0.4) is 0 Å². The van der Waals surface area contributed by atoms with Crippen LogP contribution < -0.4 is 0 Å². The van der Waals surface area contributed by atoms with Crippen LogP contribution in [0.4, 0.5) is 0 Å². The fraction of sp³-hybridized carbons (Fsp3) is 0.556. The van der Waals surface area contributed by atoms with Gasteiger partial charge in [0.1, 0.15) is 0 Å².